The molecule has 3 nitrogen and oxygen atoms in total. The summed E-state index contributed by atoms with van der Waals surface area (Å²) in [6.07, 6.45) is 3.34. The number of benzene rings is 1. The van der Waals surface area contributed by atoms with E-state index >= 15 is 0 Å². The van der Waals surface area contributed by atoms with Crippen LogP contribution in [0.5, 0.6) is 0 Å². The van der Waals surface area contributed by atoms with Crippen LogP contribution in [0.3, 0.4) is 0 Å². The third-order valence-electron chi connectivity index (χ3n) is 2.63. The summed E-state index contributed by atoms with van der Waals surface area (Å²) in [6.45, 7) is 5.08. The van der Waals surface area contributed by atoms with E-state index in [1.54, 1.807) is 12.5 Å². The number of halogens is 1. The first-order valence-electron chi connectivity index (χ1n) is 5.52. The van der Waals surface area contributed by atoms with E-state index < -0.39 is 0 Å². The van der Waals surface area contributed by atoms with Crippen molar-refractivity contribution < 1.29 is 0 Å². The van der Waals surface area contributed by atoms with E-state index in [1.165, 1.54) is 11.3 Å². The number of anilines is 2. The van der Waals surface area contributed by atoms with Crippen LogP contribution in [-0.2, 0) is 0 Å². The van der Waals surface area contributed by atoms with Crippen LogP contribution in [-0.4, -0.2) is 16.5 Å². The third-order valence-corrected chi connectivity index (χ3v) is 3.19. The molecule has 0 radical (unpaired) electrons. The summed E-state index contributed by atoms with van der Waals surface area (Å²) in [6, 6.07) is 8.29. The predicted octanol–water partition coefficient (Wildman–Crippen LogP) is 3.71. The zero-order valence-electron chi connectivity index (χ0n) is 9.89. The quantitative estimate of drug-likeness (QED) is 0.863. The van der Waals surface area contributed by atoms with E-state index in [0.717, 1.165) is 16.8 Å². The summed E-state index contributed by atoms with van der Waals surface area (Å²) in [5, 5.41) is 0. The lowest BCUT2D eigenvalue weighted by molar-refractivity contribution is 0.963. The lowest BCUT2D eigenvalue weighted by atomic mass is 10.2. The van der Waals surface area contributed by atoms with Gasteiger partial charge < -0.3 is 4.90 Å². The highest BCUT2D eigenvalue weighted by Crippen LogP contribution is 2.30. The van der Waals surface area contributed by atoms with Gasteiger partial charge in [0.15, 0.2) is 5.82 Å². The lowest BCUT2D eigenvalue weighted by Crippen LogP contribution is -2.18. The van der Waals surface area contributed by atoms with Gasteiger partial charge in [-0.25, -0.2) is 9.97 Å². The molecular weight excluding hydrogens is 278 g/mol. The Morgan fingerprint density at radius 3 is 2.71 bits per heavy atom. The lowest BCUT2D eigenvalue weighted by Gasteiger charge is -2.24. The Hall–Kier alpha value is -1.42. The molecule has 0 N–H and O–H groups in total. The van der Waals surface area contributed by atoms with Crippen LogP contribution < -0.4 is 4.90 Å². The van der Waals surface area contributed by atoms with E-state index in [4.69, 9.17) is 0 Å². The Morgan fingerprint density at radius 1 is 1.29 bits per heavy atom. The molecule has 0 amide bonds. The van der Waals surface area contributed by atoms with Gasteiger partial charge in [0.05, 0.1) is 4.47 Å². The molecule has 1 heterocycles. The summed E-state index contributed by atoms with van der Waals surface area (Å²) in [5.41, 5.74) is 2.41. The van der Waals surface area contributed by atoms with Crippen LogP contribution in [0, 0.1) is 6.92 Å². The van der Waals surface area contributed by atoms with E-state index in [-0.39, 0.29) is 0 Å². The normalized spacial score (nSPS) is 10.3. The topological polar surface area (TPSA) is 29.0 Å². The first-order valence-corrected chi connectivity index (χ1v) is 6.32. The Balaban J connectivity index is 2.48. The number of rotatable bonds is 3. The molecule has 88 valence electrons. The zero-order chi connectivity index (χ0) is 12.3. The fourth-order valence-electron chi connectivity index (χ4n) is 1.81. The third kappa shape index (κ3) is 2.47. The van der Waals surface area contributed by atoms with Gasteiger partial charge in [0.1, 0.15) is 6.33 Å². The maximum atomic E-state index is 4.33. The van der Waals surface area contributed by atoms with E-state index in [1.807, 2.05) is 12.1 Å². The molecule has 4 heteroatoms. The smallest absolute Gasteiger partial charge is 0.150 e. The predicted molar refractivity (Wildman–Crippen MR) is 73.6 cm³/mol. The molecule has 0 bridgehead atoms. The number of hydrogen-bond acceptors (Lipinski definition) is 3. The molecule has 2 aromatic rings. The van der Waals surface area contributed by atoms with Gasteiger partial charge in [-0.2, -0.15) is 0 Å². The Bertz CT molecular complexity index is 468. The molecular formula is C13H14BrN3. The van der Waals surface area contributed by atoms with Crippen molar-refractivity contribution in [1.82, 2.24) is 9.97 Å². The standard InChI is InChI=1S/C13H14BrN3/c1-3-17(12-7-5-4-6-10(12)2)13-11(14)8-15-9-16-13/h4-9H,3H2,1-2H3. The van der Waals surface area contributed by atoms with Crippen molar-refractivity contribution in [3.05, 3.63) is 46.8 Å². The first kappa shape index (κ1) is 12.0. The fraction of sp³-hybridized carbons (Fsp3) is 0.231. The van der Waals surface area contributed by atoms with Crippen molar-refractivity contribution in [3.63, 3.8) is 0 Å². The minimum absolute atomic E-state index is 0.862. The minimum Gasteiger partial charge on any atom is -0.325 e. The number of para-hydroxylation sites is 1. The van der Waals surface area contributed by atoms with Crippen molar-refractivity contribution >= 4 is 27.4 Å². The summed E-state index contributed by atoms with van der Waals surface area (Å²) in [5.74, 6) is 0.900. The number of hydrogen-bond donors (Lipinski definition) is 0. The van der Waals surface area contributed by atoms with Gasteiger partial charge >= 0.3 is 0 Å². The van der Waals surface area contributed by atoms with Gasteiger partial charge in [0, 0.05) is 18.4 Å². The number of nitrogens with zero attached hydrogens (tertiary/aromatic N) is 3. The average molecular weight is 292 g/mol. The number of aromatic nitrogens is 2. The van der Waals surface area contributed by atoms with Crippen LogP contribution in [0.1, 0.15) is 12.5 Å². The van der Waals surface area contributed by atoms with Crippen LogP contribution in [0.4, 0.5) is 11.5 Å². The first-order chi connectivity index (χ1) is 8.24. The van der Waals surface area contributed by atoms with Gasteiger partial charge in [0.25, 0.3) is 0 Å². The van der Waals surface area contributed by atoms with E-state index in [0.29, 0.717) is 0 Å². The van der Waals surface area contributed by atoms with E-state index in [9.17, 15) is 0 Å². The van der Waals surface area contributed by atoms with E-state index in [2.05, 4.69) is 56.8 Å². The number of aryl methyl sites for hydroxylation is 1. The average Bonchev–Trinajstić information content (AvgIpc) is 2.34. The molecule has 0 atom stereocenters. The monoisotopic (exact) mass is 291 g/mol. The summed E-state index contributed by atoms with van der Waals surface area (Å²) >= 11 is 3.49. The van der Waals surface area contributed by atoms with Crippen molar-refractivity contribution in [3.8, 4) is 0 Å². The van der Waals surface area contributed by atoms with Gasteiger partial charge in [-0.15, -0.1) is 0 Å². The van der Waals surface area contributed by atoms with Gasteiger partial charge in [-0.3, -0.25) is 0 Å². The molecule has 0 spiro atoms. The molecule has 0 saturated heterocycles. The van der Waals surface area contributed by atoms with Gasteiger partial charge in [-0.05, 0) is 41.4 Å². The molecule has 17 heavy (non-hydrogen) atoms. The van der Waals surface area contributed by atoms with Crippen LogP contribution in [0.25, 0.3) is 0 Å². The summed E-state index contributed by atoms with van der Waals surface area (Å²) in [7, 11) is 0. The molecule has 1 aromatic heterocycles. The highest BCUT2D eigenvalue weighted by Gasteiger charge is 2.13. The second-order valence-electron chi connectivity index (χ2n) is 3.73. The molecule has 0 aliphatic rings. The highest BCUT2D eigenvalue weighted by atomic mass is 79.9. The highest BCUT2D eigenvalue weighted by molar-refractivity contribution is 9.10. The molecule has 0 aliphatic heterocycles. The minimum atomic E-state index is 0.862. The van der Waals surface area contributed by atoms with Crippen LogP contribution in [0.2, 0.25) is 0 Å². The molecule has 1 aromatic carbocycles. The Kier molecular flexibility index (Phi) is 3.74. The molecule has 0 aliphatic carbocycles. The fourth-order valence-corrected chi connectivity index (χ4v) is 2.24. The van der Waals surface area contributed by atoms with Gasteiger partial charge in [-0.1, -0.05) is 18.2 Å². The molecule has 0 unspecified atom stereocenters. The van der Waals surface area contributed by atoms with Gasteiger partial charge in [0.2, 0.25) is 0 Å². The van der Waals surface area contributed by atoms with Crippen molar-refractivity contribution in [2.45, 2.75) is 13.8 Å². The van der Waals surface area contributed by atoms with Crippen LogP contribution in [0.15, 0.2) is 41.3 Å². The summed E-state index contributed by atoms with van der Waals surface area (Å²) < 4.78 is 0.908. The Labute approximate surface area is 110 Å². The molecule has 2 rings (SSSR count). The van der Waals surface area contributed by atoms with Crippen molar-refractivity contribution in [2.75, 3.05) is 11.4 Å². The summed E-state index contributed by atoms with van der Waals surface area (Å²) in [4.78, 5) is 10.5. The Morgan fingerprint density at radius 2 is 2.06 bits per heavy atom. The maximum absolute atomic E-state index is 4.33. The largest absolute Gasteiger partial charge is 0.325 e. The maximum Gasteiger partial charge on any atom is 0.150 e. The second kappa shape index (κ2) is 5.27. The van der Waals surface area contributed by atoms with Crippen molar-refractivity contribution in [2.24, 2.45) is 0 Å². The van der Waals surface area contributed by atoms with Crippen molar-refractivity contribution in [1.29, 1.82) is 0 Å². The molecule has 0 fully saturated rings. The second-order valence-corrected chi connectivity index (χ2v) is 4.58. The molecule has 0 saturated carbocycles. The van der Waals surface area contributed by atoms with Crippen LogP contribution >= 0.6 is 15.9 Å². The zero-order valence-corrected chi connectivity index (χ0v) is 11.5. The SMILES string of the molecule is CCN(c1ccccc1C)c1ncncc1Br.